The van der Waals surface area contributed by atoms with Gasteiger partial charge in [-0.25, -0.2) is 0 Å². The van der Waals surface area contributed by atoms with Crippen molar-refractivity contribution < 1.29 is 22.7 Å². The number of carbonyl (C=O) groups excluding carboxylic acids is 1. The van der Waals surface area contributed by atoms with Crippen LogP contribution >= 0.6 is 0 Å². The van der Waals surface area contributed by atoms with Gasteiger partial charge in [-0.2, -0.15) is 5.26 Å². The summed E-state index contributed by atoms with van der Waals surface area (Å²) in [6, 6.07) is 22.5. The van der Waals surface area contributed by atoms with E-state index in [0.29, 0.717) is 30.8 Å². The van der Waals surface area contributed by atoms with Crippen molar-refractivity contribution in [3.63, 3.8) is 0 Å². The Balaban J connectivity index is 1.30. The largest absolute Gasteiger partial charge is 0.573 e. The predicted molar refractivity (Wildman–Crippen MR) is 140 cm³/mol. The lowest BCUT2D eigenvalue weighted by Gasteiger charge is -2.40. The first-order chi connectivity index (χ1) is 18.7. The molecule has 4 aromatic rings. The second-order valence-corrected chi connectivity index (χ2v) is 9.36. The number of carbonyl (C=O) groups is 1. The number of fused-ring (bicyclic) bond motifs is 1. The van der Waals surface area contributed by atoms with Crippen LogP contribution in [0, 0.1) is 11.3 Å². The zero-order valence-corrected chi connectivity index (χ0v) is 21.0. The molecule has 0 aliphatic carbocycles. The number of hydrogen-bond donors (Lipinski definition) is 0. The summed E-state index contributed by atoms with van der Waals surface area (Å²) in [5.74, 6) is 0.320. The van der Waals surface area contributed by atoms with Crippen LogP contribution in [0.5, 0.6) is 5.75 Å². The number of nitrogens with zero attached hydrogens (tertiary/aromatic N) is 5. The topological polar surface area (TPSA) is 82.4 Å². The van der Waals surface area contributed by atoms with E-state index in [2.05, 4.69) is 25.9 Å². The van der Waals surface area contributed by atoms with Gasteiger partial charge in [0.1, 0.15) is 11.4 Å². The number of anilines is 1. The van der Waals surface area contributed by atoms with Gasteiger partial charge in [0, 0.05) is 42.0 Å². The molecule has 2 heterocycles. The van der Waals surface area contributed by atoms with Crippen molar-refractivity contribution in [2.45, 2.75) is 25.7 Å². The molecule has 1 aliphatic rings. The maximum atomic E-state index is 13.0. The highest BCUT2D eigenvalue weighted by molar-refractivity contribution is 6.00. The number of nitriles is 1. The molecule has 1 fully saturated rings. The fraction of sp³-hybridized carbons (Fsp3) is 0.241. The van der Waals surface area contributed by atoms with Crippen LogP contribution in [-0.2, 0) is 11.2 Å². The molecule has 7 nitrogen and oxygen atoms in total. The molecule has 0 radical (unpaired) electrons. The summed E-state index contributed by atoms with van der Waals surface area (Å²) in [6.07, 6.45) is -4.68. The fourth-order valence-corrected chi connectivity index (χ4v) is 4.84. The van der Waals surface area contributed by atoms with E-state index in [0.717, 1.165) is 27.8 Å². The van der Waals surface area contributed by atoms with Crippen LogP contribution in [-0.4, -0.2) is 53.0 Å². The molecule has 0 unspecified atom stereocenters. The third-order valence-corrected chi connectivity index (χ3v) is 6.71. The molecule has 1 amide bonds. The van der Waals surface area contributed by atoms with E-state index in [-0.39, 0.29) is 24.1 Å². The molecular formula is C29H24F3N5O2. The van der Waals surface area contributed by atoms with Crippen LogP contribution in [0.3, 0.4) is 0 Å². The maximum Gasteiger partial charge on any atom is 0.573 e. The molecule has 39 heavy (non-hydrogen) atoms. The fourth-order valence-electron chi connectivity index (χ4n) is 4.84. The summed E-state index contributed by atoms with van der Waals surface area (Å²) in [6.45, 7) is 3.55. The van der Waals surface area contributed by atoms with Crippen molar-refractivity contribution in [3.8, 4) is 23.1 Å². The average molecular weight is 532 g/mol. The Morgan fingerprint density at radius 2 is 1.69 bits per heavy atom. The Labute approximate surface area is 223 Å². The van der Waals surface area contributed by atoms with E-state index in [9.17, 15) is 18.0 Å². The first-order valence-electron chi connectivity index (χ1n) is 12.4. The zero-order chi connectivity index (χ0) is 27.6. The molecule has 198 valence electrons. The zero-order valence-electron chi connectivity index (χ0n) is 21.0. The lowest BCUT2D eigenvalue weighted by molar-refractivity contribution is -0.274. The van der Waals surface area contributed by atoms with Gasteiger partial charge in [-0.3, -0.25) is 4.79 Å². The van der Waals surface area contributed by atoms with E-state index in [1.807, 2.05) is 43.3 Å². The van der Waals surface area contributed by atoms with Gasteiger partial charge < -0.3 is 14.5 Å². The summed E-state index contributed by atoms with van der Waals surface area (Å²) in [5.41, 5.74) is 2.78. The number of piperazine rings is 1. The van der Waals surface area contributed by atoms with Crippen LogP contribution in [0.2, 0.25) is 0 Å². The summed E-state index contributed by atoms with van der Waals surface area (Å²) < 4.78 is 41.1. The van der Waals surface area contributed by atoms with Gasteiger partial charge in [0.05, 0.1) is 18.1 Å². The summed E-state index contributed by atoms with van der Waals surface area (Å²) in [4.78, 5) is 17.0. The lowest BCUT2D eigenvalue weighted by atomic mass is 10.0. The van der Waals surface area contributed by atoms with Crippen molar-refractivity contribution in [1.82, 2.24) is 15.1 Å². The summed E-state index contributed by atoms with van der Waals surface area (Å²) in [7, 11) is 0. The minimum absolute atomic E-state index is 0.0820. The highest BCUT2D eigenvalue weighted by Crippen LogP contribution is 2.32. The van der Waals surface area contributed by atoms with Gasteiger partial charge in [0.2, 0.25) is 5.91 Å². The lowest BCUT2D eigenvalue weighted by Crippen LogP contribution is -2.54. The standard InChI is InChI=1S/C29H24F3N5O2/c1-19-18-36(14-15-37(19)26(38)16-20-8-12-23(13-9-20)39-29(30,31)32)28-25-5-3-2-4-24(25)27(34-35-28)22-10-6-21(17-33)7-11-22/h2-13,19H,14-16,18H2,1H3/t19-/m0/s1. The molecule has 1 aromatic heterocycles. The Morgan fingerprint density at radius 1 is 1.00 bits per heavy atom. The van der Waals surface area contributed by atoms with Gasteiger partial charge in [0.15, 0.2) is 5.82 Å². The van der Waals surface area contributed by atoms with Crippen LogP contribution in [0.25, 0.3) is 22.0 Å². The average Bonchev–Trinajstić information content (AvgIpc) is 2.92. The first kappa shape index (κ1) is 26.0. The third kappa shape index (κ3) is 5.77. The molecule has 1 aliphatic heterocycles. The normalized spacial score (nSPS) is 15.7. The van der Waals surface area contributed by atoms with E-state index < -0.39 is 6.36 Å². The highest BCUT2D eigenvalue weighted by Gasteiger charge is 2.31. The van der Waals surface area contributed by atoms with Gasteiger partial charge in [-0.1, -0.05) is 48.5 Å². The van der Waals surface area contributed by atoms with Crippen molar-refractivity contribution in [3.05, 3.63) is 83.9 Å². The number of hydrogen-bond acceptors (Lipinski definition) is 6. The number of amides is 1. The van der Waals surface area contributed by atoms with Crippen molar-refractivity contribution in [2.24, 2.45) is 0 Å². The Bertz CT molecular complexity index is 1530. The smallest absolute Gasteiger partial charge is 0.406 e. The van der Waals surface area contributed by atoms with Crippen molar-refractivity contribution in [2.75, 3.05) is 24.5 Å². The van der Waals surface area contributed by atoms with Crippen LogP contribution in [0.4, 0.5) is 19.0 Å². The van der Waals surface area contributed by atoms with Gasteiger partial charge >= 0.3 is 6.36 Å². The maximum absolute atomic E-state index is 13.0. The predicted octanol–water partition coefficient (Wildman–Crippen LogP) is 5.35. The van der Waals surface area contributed by atoms with Crippen LogP contribution in [0.1, 0.15) is 18.1 Å². The number of aromatic nitrogens is 2. The summed E-state index contributed by atoms with van der Waals surface area (Å²) in [5, 5.41) is 20.1. The second kappa shape index (κ2) is 10.6. The van der Waals surface area contributed by atoms with Crippen LogP contribution in [0.15, 0.2) is 72.8 Å². The van der Waals surface area contributed by atoms with Crippen molar-refractivity contribution >= 4 is 22.5 Å². The highest BCUT2D eigenvalue weighted by atomic mass is 19.4. The molecule has 0 bridgehead atoms. The van der Waals surface area contributed by atoms with Crippen LogP contribution < -0.4 is 9.64 Å². The van der Waals surface area contributed by atoms with Gasteiger partial charge in [0.25, 0.3) is 0 Å². The molecule has 1 saturated heterocycles. The Hall–Kier alpha value is -4.65. The number of alkyl halides is 3. The SMILES string of the molecule is C[C@H]1CN(c2nnc(-c3ccc(C#N)cc3)c3ccccc23)CCN1C(=O)Cc1ccc(OC(F)(F)F)cc1. The number of rotatable bonds is 5. The Morgan fingerprint density at radius 3 is 2.33 bits per heavy atom. The molecule has 0 N–H and O–H groups in total. The van der Waals surface area contributed by atoms with E-state index >= 15 is 0 Å². The van der Waals surface area contributed by atoms with Gasteiger partial charge in [-0.05, 0) is 36.8 Å². The van der Waals surface area contributed by atoms with Crippen molar-refractivity contribution in [1.29, 1.82) is 5.26 Å². The van der Waals surface area contributed by atoms with E-state index in [4.69, 9.17) is 5.26 Å². The molecular weight excluding hydrogens is 507 g/mol. The van der Waals surface area contributed by atoms with E-state index in [1.54, 1.807) is 17.0 Å². The Kier molecular flexibility index (Phi) is 7.07. The quantitative estimate of drug-likeness (QED) is 0.346. The third-order valence-electron chi connectivity index (χ3n) is 6.71. The number of halogens is 3. The number of benzene rings is 3. The van der Waals surface area contributed by atoms with Gasteiger partial charge in [-0.15, -0.1) is 23.4 Å². The number of ether oxygens (including phenoxy) is 1. The summed E-state index contributed by atoms with van der Waals surface area (Å²) >= 11 is 0. The minimum Gasteiger partial charge on any atom is -0.406 e. The molecule has 0 saturated carbocycles. The molecule has 10 heteroatoms. The minimum atomic E-state index is -4.76. The van der Waals surface area contributed by atoms with E-state index in [1.165, 1.54) is 24.3 Å². The molecule has 0 spiro atoms. The molecule has 1 atom stereocenters. The monoisotopic (exact) mass is 531 g/mol. The molecule has 3 aromatic carbocycles. The second-order valence-electron chi connectivity index (χ2n) is 9.36. The molecule has 5 rings (SSSR count). The first-order valence-corrected chi connectivity index (χ1v) is 12.4.